The van der Waals surface area contributed by atoms with Gasteiger partial charge in [0, 0.05) is 5.33 Å². The van der Waals surface area contributed by atoms with E-state index >= 15 is 0 Å². The Morgan fingerprint density at radius 2 is 2.20 bits per heavy atom. The van der Waals surface area contributed by atoms with E-state index in [2.05, 4.69) is 15.9 Å². The lowest BCUT2D eigenvalue weighted by Crippen LogP contribution is -1.85. The van der Waals surface area contributed by atoms with Crippen molar-refractivity contribution in [3.63, 3.8) is 0 Å². The van der Waals surface area contributed by atoms with Gasteiger partial charge in [0.15, 0.2) is 0 Å². The van der Waals surface area contributed by atoms with Crippen LogP contribution in [0.25, 0.3) is 0 Å². The van der Waals surface area contributed by atoms with E-state index in [1.807, 2.05) is 6.92 Å². The van der Waals surface area contributed by atoms with E-state index in [0.717, 1.165) is 16.5 Å². The van der Waals surface area contributed by atoms with Crippen LogP contribution in [0.1, 0.15) is 11.1 Å². The Bertz CT molecular complexity index is 233. The maximum absolute atomic E-state index is 12.5. The van der Waals surface area contributed by atoms with Crippen LogP contribution in [-0.4, -0.2) is 0 Å². The van der Waals surface area contributed by atoms with Crippen LogP contribution in [0, 0.1) is 12.7 Å². The Balaban J connectivity index is 3.09. The van der Waals surface area contributed by atoms with E-state index in [9.17, 15) is 4.39 Å². The molecule has 0 amide bonds. The van der Waals surface area contributed by atoms with Crippen LogP contribution < -0.4 is 0 Å². The summed E-state index contributed by atoms with van der Waals surface area (Å²) in [7, 11) is 0. The minimum atomic E-state index is -0.167. The molecule has 0 aromatic heterocycles. The first kappa shape index (κ1) is 7.73. The van der Waals surface area contributed by atoms with Crippen molar-refractivity contribution >= 4 is 15.9 Å². The standard InChI is InChI=1S/C8H8BrF/c1-6-2-3-8(10)4-7(6)5-9/h2-4H,5H2,1H3. The molecule has 0 fully saturated rings. The molecule has 0 aliphatic carbocycles. The second-order valence-corrected chi connectivity index (χ2v) is 2.77. The maximum atomic E-state index is 12.5. The van der Waals surface area contributed by atoms with E-state index in [4.69, 9.17) is 0 Å². The summed E-state index contributed by atoms with van der Waals surface area (Å²) in [6.07, 6.45) is 0. The maximum Gasteiger partial charge on any atom is 0.123 e. The number of halogens is 2. The zero-order valence-electron chi connectivity index (χ0n) is 5.70. The van der Waals surface area contributed by atoms with Crippen LogP contribution in [0.5, 0.6) is 0 Å². The monoisotopic (exact) mass is 202 g/mol. The number of hydrogen-bond donors (Lipinski definition) is 0. The van der Waals surface area contributed by atoms with Gasteiger partial charge in [-0.15, -0.1) is 0 Å². The molecule has 0 nitrogen and oxygen atoms in total. The van der Waals surface area contributed by atoms with Gasteiger partial charge >= 0.3 is 0 Å². The highest BCUT2D eigenvalue weighted by Crippen LogP contribution is 2.12. The van der Waals surface area contributed by atoms with Gasteiger partial charge < -0.3 is 0 Å². The first-order valence-corrected chi connectivity index (χ1v) is 4.17. The highest BCUT2D eigenvalue weighted by molar-refractivity contribution is 9.08. The number of benzene rings is 1. The van der Waals surface area contributed by atoms with Gasteiger partial charge in [0.1, 0.15) is 5.82 Å². The molecular weight excluding hydrogens is 195 g/mol. The first-order valence-electron chi connectivity index (χ1n) is 3.05. The lowest BCUT2D eigenvalue weighted by Gasteiger charge is -1.99. The van der Waals surface area contributed by atoms with Gasteiger partial charge in [-0.1, -0.05) is 22.0 Å². The molecule has 54 valence electrons. The predicted octanol–water partition coefficient (Wildman–Crippen LogP) is 3.03. The molecule has 0 aliphatic rings. The number of rotatable bonds is 1. The predicted molar refractivity (Wildman–Crippen MR) is 43.8 cm³/mol. The quantitative estimate of drug-likeness (QED) is 0.615. The van der Waals surface area contributed by atoms with Gasteiger partial charge in [-0.25, -0.2) is 4.39 Å². The Morgan fingerprint density at radius 1 is 1.50 bits per heavy atom. The van der Waals surface area contributed by atoms with E-state index < -0.39 is 0 Å². The first-order chi connectivity index (χ1) is 4.74. The number of hydrogen-bond acceptors (Lipinski definition) is 0. The fourth-order valence-electron chi connectivity index (χ4n) is 0.784. The molecule has 0 unspecified atom stereocenters. The van der Waals surface area contributed by atoms with Crippen molar-refractivity contribution in [3.05, 3.63) is 35.1 Å². The Labute approximate surface area is 68.2 Å². The summed E-state index contributed by atoms with van der Waals surface area (Å²) < 4.78 is 12.5. The fourth-order valence-corrected chi connectivity index (χ4v) is 1.39. The van der Waals surface area contributed by atoms with E-state index in [1.165, 1.54) is 6.07 Å². The molecule has 0 aliphatic heterocycles. The van der Waals surface area contributed by atoms with E-state index in [1.54, 1.807) is 12.1 Å². The molecule has 0 bridgehead atoms. The van der Waals surface area contributed by atoms with Crippen LogP contribution in [0.2, 0.25) is 0 Å². The summed E-state index contributed by atoms with van der Waals surface area (Å²) in [6, 6.07) is 4.80. The van der Waals surface area contributed by atoms with Crippen molar-refractivity contribution in [1.29, 1.82) is 0 Å². The van der Waals surface area contributed by atoms with Crippen molar-refractivity contribution < 1.29 is 4.39 Å². The summed E-state index contributed by atoms with van der Waals surface area (Å²) in [4.78, 5) is 0. The van der Waals surface area contributed by atoms with Crippen LogP contribution in [0.3, 0.4) is 0 Å². The third-order valence-electron chi connectivity index (χ3n) is 1.46. The van der Waals surface area contributed by atoms with Gasteiger partial charge in [-0.2, -0.15) is 0 Å². The Kier molecular flexibility index (Phi) is 2.44. The van der Waals surface area contributed by atoms with Crippen LogP contribution in [0.15, 0.2) is 18.2 Å². The normalized spacial score (nSPS) is 9.90. The van der Waals surface area contributed by atoms with Crippen LogP contribution in [0.4, 0.5) is 4.39 Å². The van der Waals surface area contributed by atoms with E-state index in [0.29, 0.717) is 0 Å². The van der Waals surface area contributed by atoms with Gasteiger partial charge in [0.25, 0.3) is 0 Å². The Morgan fingerprint density at radius 3 is 2.70 bits per heavy atom. The molecule has 0 spiro atoms. The lowest BCUT2D eigenvalue weighted by atomic mass is 10.1. The summed E-state index contributed by atoms with van der Waals surface area (Å²) in [6.45, 7) is 1.97. The second kappa shape index (κ2) is 3.15. The van der Waals surface area contributed by atoms with Crippen molar-refractivity contribution in [2.75, 3.05) is 0 Å². The zero-order chi connectivity index (χ0) is 7.56. The summed E-state index contributed by atoms with van der Waals surface area (Å²) >= 11 is 3.28. The average Bonchev–Trinajstić information content (AvgIpc) is 1.94. The minimum absolute atomic E-state index is 0.167. The third kappa shape index (κ3) is 1.57. The Hall–Kier alpha value is -0.370. The average molecular weight is 203 g/mol. The highest BCUT2D eigenvalue weighted by Gasteiger charge is 1.96. The summed E-state index contributed by atoms with van der Waals surface area (Å²) in [5.74, 6) is -0.167. The SMILES string of the molecule is Cc1ccc(F)cc1CBr. The molecule has 2 heteroatoms. The molecule has 0 saturated carbocycles. The molecule has 0 radical (unpaired) electrons. The van der Waals surface area contributed by atoms with Crippen molar-refractivity contribution in [2.24, 2.45) is 0 Å². The van der Waals surface area contributed by atoms with Gasteiger partial charge in [0.05, 0.1) is 0 Å². The van der Waals surface area contributed by atoms with Crippen LogP contribution >= 0.6 is 15.9 Å². The lowest BCUT2D eigenvalue weighted by molar-refractivity contribution is 0.626. The van der Waals surface area contributed by atoms with Gasteiger partial charge in [0.2, 0.25) is 0 Å². The van der Waals surface area contributed by atoms with Crippen molar-refractivity contribution in [3.8, 4) is 0 Å². The molecule has 1 aromatic rings. The van der Waals surface area contributed by atoms with Crippen molar-refractivity contribution in [1.82, 2.24) is 0 Å². The van der Waals surface area contributed by atoms with Gasteiger partial charge in [-0.3, -0.25) is 0 Å². The molecule has 0 atom stereocenters. The molecule has 0 N–H and O–H groups in total. The molecular formula is C8H8BrF. The topological polar surface area (TPSA) is 0 Å². The summed E-state index contributed by atoms with van der Waals surface area (Å²) in [5, 5.41) is 0.719. The van der Waals surface area contributed by atoms with E-state index in [-0.39, 0.29) is 5.82 Å². The molecule has 0 saturated heterocycles. The van der Waals surface area contributed by atoms with Crippen LogP contribution in [-0.2, 0) is 5.33 Å². The number of aryl methyl sites for hydroxylation is 1. The molecule has 1 rings (SSSR count). The number of alkyl halides is 1. The third-order valence-corrected chi connectivity index (χ3v) is 2.06. The highest BCUT2D eigenvalue weighted by atomic mass is 79.9. The van der Waals surface area contributed by atoms with Gasteiger partial charge in [-0.05, 0) is 30.2 Å². The molecule has 0 heterocycles. The molecule has 1 aromatic carbocycles. The fraction of sp³-hybridized carbons (Fsp3) is 0.250. The second-order valence-electron chi connectivity index (χ2n) is 2.20. The largest absolute Gasteiger partial charge is 0.207 e. The zero-order valence-corrected chi connectivity index (χ0v) is 7.28. The summed E-state index contributed by atoms with van der Waals surface area (Å²) in [5.41, 5.74) is 2.14. The molecule has 10 heavy (non-hydrogen) atoms. The smallest absolute Gasteiger partial charge is 0.123 e. The van der Waals surface area contributed by atoms with Crippen molar-refractivity contribution in [2.45, 2.75) is 12.3 Å². The minimum Gasteiger partial charge on any atom is -0.207 e.